The maximum Gasteiger partial charge on any atom is 0.325 e. The second kappa shape index (κ2) is 7.92. The second-order valence-corrected chi connectivity index (χ2v) is 9.40. The number of likely N-dealkylation sites (tertiary alicyclic amines) is 1. The summed E-state index contributed by atoms with van der Waals surface area (Å²) in [5, 5.41) is 6.97. The van der Waals surface area contributed by atoms with Gasteiger partial charge in [-0.05, 0) is 91.7 Å². The Balaban J connectivity index is 1.38. The molecule has 2 saturated heterocycles. The van der Waals surface area contributed by atoms with Gasteiger partial charge in [-0.15, -0.1) is 0 Å². The number of thiophene rings is 1. The number of benzene rings is 1. The number of nitrogens with one attached hydrogen (secondary N) is 1. The van der Waals surface area contributed by atoms with Crippen molar-refractivity contribution in [1.82, 2.24) is 15.1 Å². The smallest absolute Gasteiger partial charge is 0.323 e. The first kappa shape index (κ1) is 20.1. The molecule has 1 aromatic heterocycles. The first-order valence-corrected chi connectivity index (χ1v) is 11.2. The van der Waals surface area contributed by atoms with Gasteiger partial charge in [0.1, 0.15) is 5.54 Å². The van der Waals surface area contributed by atoms with Crippen LogP contribution in [0.5, 0.6) is 0 Å². The average molecular weight is 412 g/mol. The molecular formula is C23H29N3O2S. The van der Waals surface area contributed by atoms with Crippen LogP contribution in [0.15, 0.2) is 35.0 Å². The Morgan fingerprint density at radius 1 is 1.07 bits per heavy atom. The van der Waals surface area contributed by atoms with Crippen LogP contribution in [0.2, 0.25) is 0 Å². The predicted octanol–water partition coefficient (Wildman–Crippen LogP) is 4.09. The van der Waals surface area contributed by atoms with Crippen molar-refractivity contribution < 1.29 is 9.59 Å². The molecule has 4 rings (SSSR count). The van der Waals surface area contributed by atoms with Crippen LogP contribution in [0.25, 0.3) is 0 Å². The molecule has 3 amide bonds. The SMILES string of the molecule is Cc1ccc(CN2CCC(C3(C)NC(=O)N(Cc4ccsc4)C3=O)CC2)cc1C. The number of nitrogens with zero attached hydrogens (tertiary/aromatic N) is 2. The highest BCUT2D eigenvalue weighted by Gasteiger charge is 2.52. The average Bonchev–Trinajstić information content (AvgIpc) is 3.29. The van der Waals surface area contributed by atoms with Crippen LogP contribution in [0.3, 0.4) is 0 Å². The van der Waals surface area contributed by atoms with Crippen LogP contribution in [-0.4, -0.2) is 40.4 Å². The fraction of sp³-hybridized carbons (Fsp3) is 0.478. The van der Waals surface area contributed by atoms with Gasteiger partial charge in [-0.3, -0.25) is 14.6 Å². The van der Waals surface area contributed by atoms with Crippen LogP contribution in [0.1, 0.15) is 42.0 Å². The zero-order valence-electron chi connectivity index (χ0n) is 17.4. The number of rotatable bonds is 5. The molecule has 1 N–H and O–H groups in total. The van der Waals surface area contributed by atoms with Crippen molar-refractivity contribution in [2.45, 2.75) is 52.2 Å². The molecular weight excluding hydrogens is 382 g/mol. The lowest BCUT2D eigenvalue weighted by molar-refractivity contribution is -0.133. The third kappa shape index (κ3) is 3.96. The lowest BCUT2D eigenvalue weighted by atomic mass is 9.79. The second-order valence-electron chi connectivity index (χ2n) is 8.62. The molecule has 0 saturated carbocycles. The maximum absolute atomic E-state index is 13.1. The van der Waals surface area contributed by atoms with Crippen molar-refractivity contribution in [2.24, 2.45) is 5.92 Å². The van der Waals surface area contributed by atoms with Gasteiger partial charge in [0.05, 0.1) is 6.54 Å². The highest BCUT2D eigenvalue weighted by molar-refractivity contribution is 7.07. The van der Waals surface area contributed by atoms with Gasteiger partial charge in [0.25, 0.3) is 5.91 Å². The topological polar surface area (TPSA) is 52.7 Å². The quantitative estimate of drug-likeness (QED) is 0.754. The molecule has 1 aromatic carbocycles. The number of carbonyl (C=O) groups excluding carboxylic acids is 2. The van der Waals surface area contributed by atoms with E-state index in [9.17, 15) is 9.59 Å². The minimum atomic E-state index is -0.792. The molecule has 2 aliphatic rings. The Labute approximate surface area is 176 Å². The van der Waals surface area contributed by atoms with E-state index in [-0.39, 0.29) is 17.9 Å². The van der Waals surface area contributed by atoms with Crippen molar-refractivity contribution in [2.75, 3.05) is 13.1 Å². The third-order valence-corrected chi connectivity index (χ3v) is 7.34. The van der Waals surface area contributed by atoms with Crippen LogP contribution >= 0.6 is 11.3 Å². The summed E-state index contributed by atoms with van der Waals surface area (Å²) in [4.78, 5) is 29.5. The van der Waals surface area contributed by atoms with E-state index in [4.69, 9.17) is 0 Å². The largest absolute Gasteiger partial charge is 0.325 e. The number of carbonyl (C=O) groups is 2. The Morgan fingerprint density at radius 2 is 1.83 bits per heavy atom. The number of imide groups is 1. The van der Waals surface area contributed by atoms with Crippen molar-refractivity contribution >= 4 is 23.3 Å². The van der Waals surface area contributed by atoms with Gasteiger partial charge in [-0.2, -0.15) is 11.3 Å². The molecule has 29 heavy (non-hydrogen) atoms. The first-order chi connectivity index (χ1) is 13.9. The van der Waals surface area contributed by atoms with Gasteiger partial charge in [-0.1, -0.05) is 18.2 Å². The van der Waals surface area contributed by atoms with E-state index < -0.39 is 5.54 Å². The van der Waals surface area contributed by atoms with E-state index in [0.29, 0.717) is 6.54 Å². The number of amides is 3. The van der Waals surface area contributed by atoms with Crippen molar-refractivity contribution in [1.29, 1.82) is 0 Å². The fourth-order valence-corrected chi connectivity index (χ4v) is 5.19. The van der Waals surface area contributed by atoms with Gasteiger partial charge in [0.15, 0.2) is 0 Å². The molecule has 2 aliphatic heterocycles. The zero-order valence-corrected chi connectivity index (χ0v) is 18.2. The summed E-state index contributed by atoms with van der Waals surface area (Å²) < 4.78 is 0. The van der Waals surface area contributed by atoms with Crippen LogP contribution in [0.4, 0.5) is 4.79 Å². The van der Waals surface area contributed by atoms with Crippen molar-refractivity contribution in [3.05, 3.63) is 57.3 Å². The summed E-state index contributed by atoms with van der Waals surface area (Å²) in [6.07, 6.45) is 1.83. The maximum atomic E-state index is 13.1. The molecule has 0 aliphatic carbocycles. The molecule has 154 valence electrons. The Morgan fingerprint density at radius 3 is 2.48 bits per heavy atom. The molecule has 2 aromatic rings. The minimum Gasteiger partial charge on any atom is -0.323 e. The summed E-state index contributed by atoms with van der Waals surface area (Å²) in [7, 11) is 0. The monoisotopic (exact) mass is 411 g/mol. The van der Waals surface area contributed by atoms with Gasteiger partial charge >= 0.3 is 6.03 Å². The third-order valence-electron chi connectivity index (χ3n) is 6.60. The van der Waals surface area contributed by atoms with Crippen LogP contribution in [0, 0.1) is 19.8 Å². The zero-order chi connectivity index (χ0) is 20.6. The van der Waals surface area contributed by atoms with Gasteiger partial charge in [0.2, 0.25) is 0 Å². The number of urea groups is 1. The van der Waals surface area contributed by atoms with Gasteiger partial charge in [-0.25, -0.2) is 4.79 Å². The van der Waals surface area contributed by atoms with Crippen LogP contribution < -0.4 is 5.32 Å². The van der Waals surface area contributed by atoms with Gasteiger partial charge in [0, 0.05) is 6.54 Å². The molecule has 5 nitrogen and oxygen atoms in total. The number of hydrogen-bond acceptors (Lipinski definition) is 4. The van der Waals surface area contributed by atoms with Gasteiger partial charge < -0.3 is 5.32 Å². The Hall–Kier alpha value is -2.18. The van der Waals surface area contributed by atoms with E-state index in [1.807, 2.05) is 23.8 Å². The van der Waals surface area contributed by atoms with Crippen LogP contribution in [-0.2, 0) is 17.9 Å². The molecule has 1 atom stereocenters. The molecule has 6 heteroatoms. The van der Waals surface area contributed by atoms with E-state index in [2.05, 4.69) is 42.3 Å². The Kier molecular flexibility index (Phi) is 5.49. The van der Waals surface area contributed by atoms with E-state index in [0.717, 1.165) is 38.0 Å². The lowest BCUT2D eigenvalue weighted by Gasteiger charge is -2.39. The summed E-state index contributed by atoms with van der Waals surface area (Å²) in [6.45, 7) is 9.39. The summed E-state index contributed by atoms with van der Waals surface area (Å²) in [5.41, 5.74) is 4.20. The summed E-state index contributed by atoms with van der Waals surface area (Å²) >= 11 is 1.58. The molecule has 2 fully saturated rings. The number of hydrogen-bond donors (Lipinski definition) is 1. The summed E-state index contributed by atoms with van der Waals surface area (Å²) in [6, 6.07) is 8.37. The van der Waals surface area contributed by atoms with E-state index >= 15 is 0 Å². The number of piperidine rings is 1. The standard InChI is InChI=1S/C23H29N3O2S/c1-16-4-5-18(12-17(16)2)13-25-9-6-20(7-10-25)23(3)21(27)26(22(28)24-23)14-19-8-11-29-15-19/h4-5,8,11-12,15,20H,6-7,9-10,13-14H2,1-3H3,(H,24,28). The highest BCUT2D eigenvalue weighted by atomic mass is 32.1. The number of aryl methyl sites for hydroxylation is 2. The fourth-order valence-electron chi connectivity index (χ4n) is 4.53. The Bertz CT molecular complexity index is 903. The van der Waals surface area contributed by atoms with Crippen molar-refractivity contribution in [3.63, 3.8) is 0 Å². The van der Waals surface area contributed by atoms with E-state index in [1.165, 1.54) is 21.6 Å². The minimum absolute atomic E-state index is 0.0821. The molecule has 3 heterocycles. The molecule has 0 spiro atoms. The highest BCUT2D eigenvalue weighted by Crippen LogP contribution is 2.34. The lowest BCUT2D eigenvalue weighted by Crippen LogP contribution is -2.53. The molecule has 0 radical (unpaired) electrons. The predicted molar refractivity (Wildman–Crippen MR) is 116 cm³/mol. The van der Waals surface area contributed by atoms with E-state index in [1.54, 1.807) is 11.3 Å². The molecule has 1 unspecified atom stereocenters. The molecule has 0 bridgehead atoms. The first-order valence-electron chi connectivity index (χ1n) is 10.3. The van der Waals surface area contributed by atoms with Crippen molar-refractivity contribution in [3.8, 4) is 0 Å². The summed E-state index contributed by atoms with van der Waals surface area (Å²) in [5.74, 6) is 0.0868. The normalized spacial score (nSPS) is 23.6.